The largest absolute Gasteiger partial charge is 0.399 e. The highest BCUT2D eigenvalue weighted by Crippen LogP contribution is 2.27. The topological polar surface area (TPSA) is 81.3 Å². The van der Waals surface area contributed by atoms with E-state index in [0.717, 1.165) is 58.2 Å². The first-order valence-electron chi connectivity index (χ1n) is 12.6. The van der Waals surface area contributed by atoms with Crippen LogP contribution >= 0.6 is 21.6 Å². The number of aliphatic hydroxyl groups excluding tert-OH is 1. The van der Waals surface area contributed by atoms with Crippen LogP contribution in [-0.2, 0) is 6.54 Å². The summed E-state index contributed by atoms with van der Waals surface area (Å²) in [6.07, 6.45) is 1.97. The van der Waals surface area contributed by atoms with E-state index < -0.39 is 0 Å². The molecule has 0 radical (unpaired) electrons. The number of azo groups is 1. The number of aliphatic hydroxyl groups is 1. The van der Waals surface area contributed by atoms with Crippen molar-refractivity contribution in [3.05, 3.63) is 85.1 Å². The number of hydrogen-bond acceptors (Lipinski definition) is 8. The highest BCUT2D eigenvalue weighted by atomic mass is 33.1. The fraction of sp³-hybridized carbons (Fsp3) is 0.276. The van der Waals surface area contributed by atoms with Crippen molar-refractivity contribution in [1.29, 1.82) is 0 Å². The summed E-state index contributed by atoms with van der Waals surface area (Å²) in [6.45, 7) is 2.60. The molecular formula is C29H35N6OS2+. The van der Waals surface area contributed by atoms with Gasteiger partial charge in [-0.15, -0.1) is 5.11 Å². The number of nitrogens with two attached hydrogens (primary N) is 1. The Hall–Kier alpha value is -3.27. The normalized spacial score (nSPS) is 11.3. The summed E-state index contributed by atoms with van der Waals surface area (Å²) in [5, 5.41) is 19.3. The van der Waals surface area contributed by atoms with Crippen LogP contribution in [0.15, 0.2) is 95.3 Å². The number of aromatic nitrogens is 1. The van der Waals surface area contributed by atoms with Crippen molar-refractivity contribution >= 4 is 60.9 Å². The summed E-state index contributed by atoms with van der Waals surface area (Å²) < 4.78 is 2.02. The first kappa shape index (κ1) is 27.8. The van der Waals surface area contributed by atoms with E-state index in [-0.39, 0.29) is 6.61 Å². The number of nitrogen functional groups attached to an aromatic ring is 1. The second-order valence-corrected chi connectivity index (χ2v) is 11.6. The molecule has 0 atom stereocenters. The minimum Gasteiger partial charge on any atom is -0.399 e. The summed E-state index contributed by atoms with van der Waals surface area (Å²) >= 11 is 0. The molecule has 0 aliphatic carbocycles. The van der Waals surface area contributed by atoms with Crippen LogP contribution in [0.4, 0.5) is 28.4 Å². The molecule has 0 fully saturated rings. The lowest BCUT2D eigenvalue weighted by atomic mass is 10.2. The number of hydrogen-bond donors (Lipinski definition) is 2. The van der Waals surface area contributed by atoms with Gasteiger partial charge in [0.15, 0.2) is 12.7 Å². The maximum Gasteiger partial charge on any atom is 0.214 e. The lowest BCUT2D eigenvalue weighted by molar-refractivity contribution is -0.672. The molecular weight excluding hydrogens is 512 g/mol. The predicted octanol–water partition coefficient (Wildman–Crippen LogP) is 6.07. The molecule has 1 heterocycles. The van der Waals surface area contributed by atoms with Gasteiger partial charge < -0.3 is 20.6 Å². The Bertz CT molecular complexity index is 1330. The molecule has 4 rings (SSSR count). The number of nitrogens with zero attached hydrogens (tertiary/aromatic N) is 5. The van der Waals surface area contributed by atoms with Crippen molar-refractivity contribution in [1.82, 2.24) is 0 Å². The first-order valence-corrected chi connectivity index (χ1v) is 15.1. The van der Waals surface area contributed by atoms with Crippen LogP contribution in [0.25, 0.3) is 10.9 Å². The third-order valence-corrected chi connectivity index (χ3v) is 8.61. The van der Waals surface area contributed by atoms with Gasteiger partial charge in [0.1, 0.15) is 6.61 Å². The van der Waals surface area contributed by atoms with E-state index in [4.69, 9.17) is 5.73 Å². The van der Waals surface area contributed by atoms with Gasteiger partial charge in [-0.3, -0.25) is 0 Å². The molecule has 3 aromatic carbocycles. The van der Waals surface area contributed by atoms with Gasteiger partial charge >= 0.3 is 0 Å². The van der Waals surface area contributed by atoms with Crippen LogP contribution in [-0.4, -0.2) is 50.4 Å². The molecule has 1 aromatic heterocycles. The van der Waals surface area contributed by atoms with E-state index in [1.54, 1.807) is 0 Å². The second-order valence-electron chi connectivity index (χ2n) is 8.93. The fourth-order valence-electron chi connectivity index (χ4n) is 4.01. The van der Waals surface area contributed by atoms with E-state index >= 15 is 0 Å². The summed E-state index contributed by atoms with van der Waals surface area (Å²) in [7, 11) is 8.05. The Balaban J connectivity index is 1.23. The quantitative estimate of drug-likeness (QED) is 0.0695. The van der Waals surface area contributed by atoms with Crippen LogP contribution in [0.5, 0.6) is 0 Å². The molecule has 38 heavy (non-hydrogen) atoms. The van der Waals surface area contributed by atoms with Gasteiger partial charge in [-0.25, -0.2) is 0 Å². The Morgan fingerprint density at radius 3 is 2.05 bits per heavy atom. The summed E-state index contributed by atoms with van der Waals surface area (Å²) in [6, 6.07) is 26.2. The fourth-order valence-corrected chi connectivity index (χ4v) is 6.10. The standard InChI is InChI=1S/C29H35N6OS2/c1-33(25-12-8-23(30)9-13-25)18-21-37-38-22-19-34(2)26-14-10-24(11-15-26)31-32-28-6-3-7-29-27(28)5-4-16-35(29)17-20-36/h3-16,36H,17-22,30H2,1-2H3/q+1. The molecule has 0 amide bonds. The summed E-state index contributed by atoms with van der Waals surface area (Å²) in [5.41, 5.74) is 11.6. The Kier molecular flexibility index (Phi) is 10.3. The van der Waals surface area contributed by atoms with Gasteiger partial charge in [0.05, 0.1) is 16.8 Å². The zero-order valence-electron chi connectivity index (χ0n) is 21.9. The Morgan fingerprint density at radius 2 is 1.42 bits per heavy atom. The first-order chi connectivity index (χ1) is 18.5. The van der Waals surface area contributed by atoms with Gasteiger partial charge in [-0.1, -0.05) is 27.7 Å². The predicted molar refractivity (Wildman–Crippen MR) is 164 cm³/mol. The molecule has 0 saturated carbocycles. The third kappa shape index (κ3) is 7.63. The maximum absolute atomic E-state index is 9.33. The van der Waals surface area contributed by atoms with Gasteiger partial charge in [-0.05, 0) is 60.7 Å². The maximum atomic E-state index is 9.33. The molecule has 198 valence electrons. The average molecular weight is 548 g/mol. The molecule has 0 spiro atoms. The van der Waals surface area contributed by atoms with Gasteiger partial charge in [0.2, 0.25) is 5.52 Å². The van der Waals surface area contributed by atoms with Crippen molar-refractivity contribution in [3.63, 3.8) is 0 Å². The van der Waals surface area contributed by atoms with E-state index in [1.807, 2.05) is 86.9 Å². The van der Waals surface area contributed by atoms with E-state index in [9.17, 15) is 5.11 Å². The lowest BCUT2D eigenvalue weighted by Crippen LogP contribution is -2.35. The molecule has 3 N–H and O–H groups in total. The summed E-state index contributed by atoms with van der Waals surface area (Å²) in [5.74, 6) is 2.11. The third-order valence-electron chi connectivity index (χ3n) is 6.24. The highest BCUT2D eigenvalue weighted by molar-refractivity contribution is 8.76. The van der Waals surface area contributed by atoms with Crippen LogP contribution in [0, 0.1) is 0 Å². The van der Waals surface area contributed by atoms with E-state index in [0.29, 0.717) is 6.54 Å². The molecule has 0 aliphatic heterocycles. The van der Waals surface area contributed by atoms with Crippen molar-refractivity contribution < 1.29 is 9.67 Å². The SMILES string of the molecule is CN(CCSSCCN(C)c1ccc(N=Nc2cccc3c2ccc[n+]3CCO)cc1)c1ccc(N)cc1. The van der Waals surface area contributed by atoms with Crippen LogP contribution in [0.2, 0.25) is 0 Å². The Morgan fingerprint density at radius 1 is 0.789 bits per heavy atom. The Labute approximate surface area is 232 Å². The van der Waals surface area contributed by atoms with Crippen molar-refractivity contribution in [2.45, 2.75) is 6.54 Å². The zero-order chi connectivity index (χ0) is 26.7. The second kappa shape index (κ2) is 14.0. The number of anilines is 3. The van der Waals surface area contributed by atoms with Crippen molar-refractivity contribution in [2.24, 2.45) is 10.2 Å². The molecule has 0 bridgehead atoms. The minimum atomic E-state index is 0.0940. The molecule has 0 saturated heterocycles. The number of benzene rings is 3. The molecule has 9 heteroatoms. The summed E-state index contributed by atoms with van der Waals surface area (Å²) in [4.78, 5) is 4.52. The van der Waals surface area contributed by atoms with Gasteiger partial charge in [0.25, 0.3) is 0 Å². The molecule has 7 nitrogen and oxygen atoms in total. The highest BCUT2D eigenvalue weighted by Gasteiger charge is 2.10. The van der Waals surface area contributed by atoms with Crippen LogP contribution < -0.4 is 20.1 Å². The van der Waals surface area contributed by atoms with Crippen molar-refractivity contribution in [3.8, 4) is 0 Å². The molecule has 4 aromatic rings. The molecule has 0 aliphatic rings. The van der Waals surface area contributed by atoms with Crippen LogP contribution in [0.1, 0.15) is 0 Å². The zero-order valence-corrected chi connectivity index (χ0v) is 23.5. The van der Waals surface area contributed by atoms with Crippen molar-refractivity contribution in [2.75, 3.05) is 60.8 Å². The monoisotopic (exact) mass is 547 g/mol. The molecule has 0 unspecified atom stereocenters. The number of rotatable bonds is 13. The van der Waals surface area contributed by atoms with Gasteiger partial charge in [-0.2, -0.15) is 9.68 Å². The smallest absolute Gasteiger partial charge is 0.214 e. The average Bonchev–Trinajstić information content (AvgIpc) is 2.94. The minimum absolute atomic E-state index is 0.0940. The number of pyridine rings is 1. The number of fused-ring (bicyclic) bond motifs is 1. The van der Waals surface area contributed by atoms with E-state index in [2.05, 4.69) is 58.4 Å². The lowest BCUT2D eigenvalue weighted by Gasteiger charge is -2.20. The van der Waals surface area contributed by atoms with E-state index in [1.165, 1.54) is 5.69 Å². The van der Waals surface area contributed by atoms with Crippen LogP contribution in [0.3, 0.4) is 0 Å². The van der Waals surface area contributed by atoms with Gasteiger partial charge in [0, 0.05) is 67.9 Å².